The van der Waals surface area contributed by atoms with Crippen LogP contribution in [0.2, 0.25) is 0 Å². The van der Waals surface area contributed by atoms with Crippen LogP contribution in [0.15, 0.2) is 18.3 Å². The van der Waals surface area contributed by atoms with E-state index in [4.69, 9.17) is 15.2 Å². The number of nitrogens with two attached hydrogens (primary N) is 1. The molecule has 0 aliphatic heterocycles. The molecular weight excluding hydrogens is 156 g/mol. The molecule has 0 aliphatic rings. The van der Waals surface area contributed by atoms with Crippen LogP contribution in [-0.2, 0) is 4.74 Å². The monoisotopic (exact) mass is 168 g/mol. The molecule has 0 saturated carbocycles. The minimum atomic E-state index is -0.291. The summed E-state index contributed by atoms with van der Waals surface area (Å²) in [6, 6.07) is 3.43. The standard InChI is InChI=1S/C8H12N2O2/c1-6(11-2)12-8-4-3-7(9)5-10-8/h3-6H,9H2,1-2H3. The lowest BCUT2D eigenvalue weighted by Crippen LogP contribution is -2.14. The summed E-state index contributed by atoms with van der Waals surface area (Å²) in [6.45, 7) is 1.79. The summed E-state index contributed by atoms with van der Waals surface area (Å²) in [5, 5.41) is 0. The summed E-state index contributed by atoms with van der Waals surface area (Å²) in [5.41, 5.74) is 6.06. The maximum Gasteiger partial charge on any atom is 0.215 e. The van der Waals surface area contributed by atoms with Crippen LogP contribution in [0.3, 0.4) is 0 Å². The van der Waals surface area contributed by atoms with E-state index in [1.165, 1.54) is 6.20 Å². The number of hydrogen-bond donors (Lipinski definition) is 1. The van der Waals surface area contributed by atoms with Gasteiger partial charge in [0.25, 0.3) is 0 Å². The Kier molecular flexibility index (Phi) is 2.88. The summed E-state index contributed by atoms with van der Waals surface area (Å²) in [4.78, 5) is 3.94. The zero-order chi connectivity index (χ0) is 8.97. The molecule has 12 heavy (non-hydrogen) atoms. The molecule has 4 nitrogen and oxygen atoms in total. The quantitative estimate of drug-likeness (QED) is 0.685. The van der Waals surface area contributed by atoms with Crippen molar-refractivity contribution in [2.75, 3.05) is 12.8 Å². The Labute approximate surface area is 71.3 Å². The lowest BCUT2D eigenvalue weighted by Gasteiger charge is -2.10. The van der Waals surface area contributed by atoms with Gasteiger partial charge in [0.2, 0.25) is 5.88 Å². The van der Waals surface area contributed by atoms with Gasteiger partial charge in [-0.3, -0.25) is 0 Å². The van der Waals surface area contributed by atoms with Crippen LogP contribution >= 0.6 is 0 Å². The average Bonchev–Trinajstić information content (AvgIpc) is 2.09. The van der Waals surface area contributed by atoms with Crippen LogP contribution in [0, 0.1) is 0 Å². The Bertz CT molecular complexity index is 235. The third kappa shape index (κ3) is 2.39. The summed E-state index contributed by atoms with van der Waals surface area (Å²) in [5.74, 6) is 0.513. The van der Waals surface area contributed by atoms with Gasteiger partial charge in [0.1, 0.15) is 0 Å². The van der Waals surface area contributed by atoms with Crippen molar-refractivity contribution in [2.45, 2.75) is 13.2 Å². The number of pyridine rings is 1. The van der Waals surface area contributed by atoms with Gasteiger partial charge in [0, 0.05) is 13.2 Å². The number of anilines is 1. The number of rotatable bonds is 3. The molecule has 2 N–H and O–H groups in total. The van der Waals surface area contributed by atoms with E-state index >= 15 is 0 Å². The molecule has 1 atom stereocenters. The highest BCUT2D eigenvalue weighted by Crippen LogP contribution is 2.10. The fourth-order valence-electron chi connectivity index (χ4n) is 0.680. The normalized spacial score (nSPS) is 12.5. The first-order chi connectivity index (χ1) is 5.72. The zero-order valence-electron chi connectivity index (χ0n) is 7.15. The third-order valence-electron chi connectivity index (χ3n) is 1.38. The minimum Gasteiger partial charge on any atom is -0.448 e. The predicted molar refractivity (Wildman–Crippen MR) is 45.7 cm³/mol. The van der Waals surface area contributed by atoms with Crippen LogP contribution in [0.4, 0.5) is 5.69 Å². The van der Waals surface area contributed by atoms with E-state index in [9.17, 15) is 0 Å². The second kappa shape index (κ2) is 3.92. The molecule has 0 aliphatic carbocycles. The number of hydrogen-bond acceptors (Lipinski definition) is 4. The Morgan fingerprint density at radius 1 is 1.50 bits per heavy atom. The highest BCUT2D eigenvalue weighted by atomic mass is 16.7. The molecule has 1 rings (SSSR count). The molecule has 66 valence electrons. The van der Waals surface area contributed by atoms with Gasteiger partial charge < -0.3 is 15.2 Å². The minimum absolute atomic E-state index is 0.291. The lowest BCUT2D eigenvalue weighted by atomic mass is 10.4. The summed E-state index contributed by atoms with van der Waals surface area (Å²) in [6.07, 6.45) is 1.25. The van der Waals surface area contributed by atoms with Gasteiger partial charge in [0.15, 0.2) is 6.29 Å². The van der Waals surface area contributed by atoms with Crippen LogP contribution in [0.1, 0.15) is 6.92 Å². The summed E-state index contributed by atoms with van der Waals surface area (Å²) in [7, 11) is 1.57. The van der Waals surface area contributed by atoms with Crippen LogP contribution in [0.5, 0.6) is 5.88 Å². The van der Waals surface area contributed by atoms with E-state index in [1.807, 2.05) is 0 Å². The van der Waals surface area contributed by atoms with Gasteiger partial charge in [-0.1, -0.05) is 0 Å². The Morgan fingerprint density at radius 3 is 2.75 bits per heavy atom. The van der Waals surface area contributed by atoms with Crippen molar-refractivity contribution < 1.29 is 9.47 Å². The fraction of sp³-hybridized carbons (Fsp3) is 0.375. The predicted octanol–water partition coefficient (Wildman–Crippen LogP) is 1.03. The van der Waals surface area contributed by atoms with E-state index in [0.29, 0.717) is 11.6 Å². The second-order valence-electron chi connectivity index (χ2n) is 2.35. The van der Waals surface area contributed by atoms with E-state index in [1.54, 1.807) is 26.2 Å². The van der Waals surface area contributed by atoms with E-state index in [0.717, 1.165) is 0 Å². The molecule has 1 aromatic rings. The molecule has 1 unspecified atom stereocenters. The Hall–Kier alpha value is -1.29. The maximum atomic E-state index is 5.44. The van der Waals surface area contributed by atoms with Crippen molar-refractivity contribution in [2.24, 2.45) is 0 Å². The smallest absolute Gasteiger partial charge is 0.215 e. The topological polar surface area (TPSA) is 57.4 Å². The lowest BCUT2D eigenvalue weighted by molar-refractivity contribution is -0.0409. The number of aromatic nitrogens is 1. The van der Waals surface area contributed by atoms with Crippen molar-refractivity contribution in [3.05, 3.63) is 18.3 Å². The number of nitrogen functional groups attached to an aromatic ring is 1. The molecule has 0 amide bonds. The van der Waals surface area contributed by atoms with E-state index < -0.39 is 0 Å². The summed E-state index contributed by atoms with van der Waals surface area (Å²) < 4.78 is 10.1. The highest BCUT2D eigenvalue weighted by molar-refractivity contribution is 5.35. The number of methoxy groups -OCH3 is 1. The van der Waals surface area contributed by atoms with Gasteiger partial charge in [-0.15, -0.1) is 0 Å². The molecule has 0 radical (unpaired) electrons. The SMILES string of the molecule is COC(C)Oc1ccc(N)cn1. The first kappa shape index (κ1) is 8.80. The third-order valence-corrected chi connectivity index (χ3v) is 1.38. The molecule has 1 aromatic heterocycles. The van der Waals surface area contributed by atoms with E-state index in [2.05, 4.69) is 4.98 Å². The fourth-order valence-corrected chi connectivity index (χ4v) is 0.680. The van der Waals surface area contributed by atoms with Crippen LogP contribution < -0.4 is 10.5 Å². The zero-order valence-corrected chi connectivity index (χ0v) is 7.15. The Morgan fingerprint density at radius 2 is 2.25 bits per heavy atom. The maximum absolute atomic E-state index is 5.44. The first-order valence-electron chi connectivity index (χ1n) is 3.63. The van der Waals surface area contributed by atoms with Gasteiger partial charge in [-0.25, -0.2) is 4.98 Å². The Balaban J connectivity index is 2.58. The van der Waals surface area contributed by atoms with Gasteiger partial charge in [-0.05, 0) is 13.0 Å². The molecule has 0 spiro atoms. The highest BCUT2D eigenvalue weighted by Gasteiger charge is 2.00. The van der Waals surface area contributed by atoms with Crippen LogP contribution in [0.25, 0.3) is 0 Å². The molecule has 0 saturated heterocycles. The number of ether oxygens (including phenoxy) is 2. The first-order valence-corrected chi connectivity index (χ1v) is 3.63. The largest absolute Gasteiger partial charge is 0.448 e. The molecule has 0 bridgehead atoms. The molecule has 0 fully saturated rings. The van der Waals surface area contributed by atoms with Crippen molar-refractivity contribution in [1.82, 2.24) is 4.98 Å². The van der Waals surface area contributed by atoms with Gasteiger partial charge in [-0.2, -0.15) is 0 Å². The molecule has 1 heterocycles. The average molecular weight is 168 g/mol. The van der Waals surface area contributed by atoms with Gasteiger partial charge >= 0.3 is 0 Å². The van der Waals surface area contributed by atoms with E-state index in [-0.39, 0.29) is 6.29 Å². The summed E-state index contributed by atoms with van der Waals surface area (Å²) >= 11 is 0. The van der Waals surface area contributed by atoms with Crippen molar-refractivity contribution in [3.63, 3.8) is 0 Å². The van der Waals surface area contributed by atoms with Crippen LogP contribution in [-0.4, -0.2) is 18.4 Å². The molecule has 4 heteroatoms. The molecular formula is C8H12N2O2. The van der Waals surface area contributed by atoms with Crippen molar-refractivity contribution in [3.8, 4) is 5.88 Å². The number of nitrogens with zero attached hydrogens (tertiary/aromatic N) is 1. The second-order valence-corrected chi connectivity index (χ2v) is 2.35. The van der Waals surface area contributed by atoms with Crippen molar-refractivity contribution >= 4 is 5.69 Å². The molecule has 0 aromatic carbocycles. The van der Waals surface area contributed by atoms with Gasteiger partial charge in [0.05, 0.1) is 11.9 Å². The van der Waals surface area contributed by atoms with Crippen molar-refractivity contribution in [1.29, 1.82) is 0 Å².